The van der Waals surface area contributed by atoms with Crippen molar-refractivity contribution in [1.82, 2.24) is 0 Å². The van der Waals surface area contributed by atoms with Crippen LogP contribution in [-0.2, 0) is 20.7 Å². The number of hydrogen-bond donors (Lipinski definition) is 0. The summed E-state index contributed by atoms with van der Waals surface area (Å²) in [5.41, 5.74) is 1.28. The van der Waals surface area contributed by atoms with Crippen molar-refractivity contribution in [2.24, 2.45) is 0 Å². The van der Waals surface area contributed by atoms with Crippen LogP contribution in [0.4, 0.5) is 10.5 Å². The molecule has 0 N–H and O–H groups in total. The number of amides is 1. The molecule has 0 saturated carbocycles. The van der Waals surface area contributed by atoms with Gasteiger partial charge in [0.05, 0.1) is 20.1 Å². The zero-order valence-electron chi connectivity index (χ0n) is 18.2. The van der Waals surface area contributed by atoms with Gasteiger partial charge in [-0.1, -0.05) is 30.3 Å². The topological polar surface area (TPSA) is 65.1 Å². The lowest BCUT2D eigenvalue weighted by Crippen LogP contribution is -2.38. The third-order valence-electron chi connectivity index (χ3n) is 4.25. The summed E-state index contributed by atoms with van der Waals surface area (Å²) < 4.78 is 16.0. The number of methoxy groups -OCH3 is 1. The van der Waals surface area contributed by atoms with E-state index in [0.29, 0.717) is 12.3 Å². The van der Waals surface area contributed by atoms with Gasteiger partial charge in [0.25, 0.3) is 0 Å². The summed E-state index contributed by atoms with van der Waals surface area (Å²) >= 11 is 0. The number of anilines is 1. The van der Waals surface area contributed by atoms with Crippen molar-refractivity contribution in [1.29, 1.82) is 0 Å². The SMILES string of the molecule is COC(=O)CCN(C(=O)OC(C)(C)C)c1ccc(OCCCc2ccccc2)cc1. The second-order valence-electron chi connectivity index (χ2n) is 7.89. The highest BCUT2D eigenvalue weighted by Crippen LogP contribution is 2.22. The number of ether oxygens (including phenoxy) is 3. The first kappa shape index (κ1) is 23.3. The first-order chi connectivity index (χ1) is 14.3. The molecule has 0 heterocycles. The number of benzene rings is 2. The fraction of sp³-hybridized carbons (Fsp3) is 0.417. The number of carbonyl (C=O) groups excluding carboxylic acids is 2. The summed E-state index contributed by atoms with van der Waals surface area (Å²) in [5.74, 6) is 0.339. The van der Waals surface area contributed by atoms with E-state index in [0.717, 1.165) is 18.6 Å². The van der Waals surface area contributed by atoms with E-state index in [9.17, 15) is 9.59 Å². The van der Waals surface area contributed by atoms with E-state index >= 15 is 0 Å². The van der Waals surface area contributed by atoms with Gasteiger partial charge in [0.1, 0.15) is 11.4 Å². The molecule has 0 bridgehead atoms. The predicted octanol–water partition coefficient (Wildman–Crippen LogP) is 5.00. The number of nitrogens with zero attached hydrogens (tertiary/aromatic N) is 1. The van der Waals surface area contributed by atoms with Crippen molar-refractivity contribution in [3.63, 3.8) is 0 Å². The Kier molecular flexibility index (Phi) is 8.71. The van der Waals surface area contributed by atoms with E-state index in [1.54, 1.807) is 32.9 Å². The van der Waals surface area contributed by atoms with Crippen LogP contribution in [0.5, 0.6) is 5.75 Å². The molecule has 2 aromatic carbocycles. The highest BCUT2D eigenvalue weighted by molar-refractivity contribution is 5.88. The Bertz CT molecular complexity index is 797. The minimum Gasteiger partial charge on any atom is -0.494 e. The first-order valence-electron chi connectivity index (χ1n) is 10.1. The van der Waals surface area contributed by atoms with E-state index in [1.807, 2.05) is 30.3 Å². The van der Waals surface area contributed by atoms with Crippen LogP contribution < -0.4 is 9.64 Å². The maximum absolute atomic E-state index is 12.6. The number of esters is 1. The fourth-order valence-corrected chi connectivity index (χ4v) is 2.78. The predicted molar refractivity (Wildman–Crippen MR) is 117 cm³/mol. The van der Waals surface area contributed by atoms with E-state index in [1.165, 1.54) is 17.6 Å². The molecule has 0 saturated heterocycles. The molecule has 0 radical (unpaired) electrons. The Labute approximate surface area is 178 Å². The normalized spacial score (nSPS) is 10.9. The molecule has 2 rings (SSSR count). The van der Waals surface area contributed by atoms with Crippen molar-refractivity contribution < 1.29 is 23.8 Å². The van der Waals surface area contributed by atoms with Crippen molar-refractivity contribution >= 4 is 17.7 Å². The first-order valence-corrected chi connectivity index (χ1v) is 10.1. The summed E-state index contributed by atoms with van der Waals surface area (Å²) in [6.07, 6.45) is 1.43. The molecular formula is C24H31NO5. The highest BCUT2D eigenvalue weighted by Gasteiger charge is 2.24. The second-order valence-corrected chi connectivity index (χ2v) is 7.89. The molecule has 6 nitrogen and oxygen atoms in total. The molecule has 162 valence electrons. The van der Waals surface area contributed by atoms with Gasteiger partial charge in [-0.3, -0.25) is 9.69 Å². The molecule has 30 heavy (non-hydrogen) atoms. The molecule has 0 fully saturated rings. The average molecular weight is 414 g/mol. The van der Waals surface area contributed by atoms with Crippen LogP contribution in [0.25, 0.3) is 0 Å². The lowest BCUT2D eigenvalue weighted by molar-refractivity contribution is -0.140. The Balaban J connectivity index is 1.95. The molecular weight excluding hydrogens is 382 g/mol. The molecule has 0 aliphatic heterocycles. The summed E-state index contributed by atoms with van der Waals surface area (Å²) in [7, 11) is 1.32. The monoisotopic (exact) mass is 413 g/mol. The lowest BCUT2D eigenvalue weighted by Gasteiger charge is -2.27. The van der Waals surface area contributed by atoms with E-state index < -0.39 is 11.7 Å². The molecule has 6 heteroatoms. The van der Waals surface area contributed by atoms with E-state index in [4.69, 9.17) is 9.47 Å². The van der Waals surface area contributed by atoms with Gasteiger partial charge in [0.2, 0.25) is 0 Å². The van der Waals surface area contributed by atoms with Crippen LogP contribution in [0, 0.1) is 0 Å². The quantitative estimate of drug-likeness (QED) is 0.427. The van der Waals surface area contributed by atoms with Crippen molar-refractivity contribution in [3.05, 3.63) is 60.2 Å². The minimum absolute atomic E-state index is 0.0769. The van der Waals surface area contributed by atoms with Crippen molar-refractivity contribution in [3.8, 4) is 5.75 Å². The Morgan fingerprint density at radius 1 is 0.967 bits per heavy atom. The zero-order chi connectivity index (χ0) is 22.0. The van der Waals surface area contributed by atoms with Gasteiger partial charge in [0.15, 0.2) is 0 Å². The lowest BCUT2D eigenvalue weighted by atomic mass is 10.1. The van der Waals surface area contributed by atoms with Crippen molar-refractivity contribution in [2.45, 2.75) is 45.6 Å². The van der Waals surface area contributed by atoms with Gasteiger partial charge < -0.3 is 14.2 Å². The molecule has 0 aliphatic rings. The largest absolute Gasteiger partial charge is 0.494 e. The van der Waals surface area contributed by atoms with E-state index in [2.05, 4.69) is 16.9 Å². The minimum atomic E-state index is -0.637. The van der Waals surface area contributed by atoms with Gasteiger partial charge in [-0.25, -0.2) is 4.79 Å². The van der Waals surface area contributed by atoms with Crippen LogP contribution >= 0.6 is 0 Å². The smallest absolute Gasteiger partial charge is 0.414 e. The molecule has 2 aromatic rings. The number of rotatable bonds is 9. The number of carbonyl (C=O) groups is 2. The number of hydrogen-bond acceptors (Lipinski definition) is 5. The standard InChI is InChI=1S/C24H31NO5/c1-24(2,3)30-23(27)25(17-16-22(26)28-4)20-12-14-21(15-13-20)29-18-8-11-19-9-6-5-7-10-19/h5-7,9-10,12-15H,8,11,16-18H2,1-4H3. The molecule has 1 amide bonds. The van der Waals surface area contributed by atoms with E-state index in [-0.39, 0.29) is 18.9 Å². The maximum Gasteiger partial charge on any atom is 0.414 e. The highest BCUT2D eigenvalue weighted by atomic mass is 16.6. The fourth-order valence-electron chi connectivity index (χ4n) is 2.78. The Morgan fingerprint density at radius 3 is 2.23 bits per heavy atom. The van der Waals surface area contributed by atoms with Gasteiger partial charge in [0, 0.05) is 12.2 Å². The van der Waals surface area contributed by atoms with Crippen LogP contribution in [0.15, 0.2) is 54.6 Å². The maximum atomic E-state index is 12.6. The molecule has 0 aromatic heterocycles. The summed E-state index contributed by atoms with van der Waals surface area (Å²) in [6, 6.07) is 17.5. The molecule has 0 unspecified atom stereocenters. The summed E-state index contributed by atoms with van der Waals surface area (Å²) in [4.78, 5) is 25.6. The van der Waals surface area contributed by atoms with Gasteiger partial charge in [-0.05, 0) is 63.4 Å². The van der Waals surface area contributed by atoms with Crippen LogP contribution in [0.3, 0.4) is 0 Å². The molecule has 0 spiro atoms. The Morgan fingerprint density at radius 2 is 1.63 bits per heavy atom. The van der Waals surface area contributed by atoms with Crippen molar-refractivity contribution in [2.75, 3.05) is 25.2 Å². The summed E-state index contributed by atoms with van der Waals surface area (Å²) in [5, 5.41) is 0. The van der Waals surface area contributed by atoms with Crippen LogP contribution in [-0.4, -0.2) is 37.9 Å². The number of aryl methyl sites for hydroxylation is 1. The van der Waals surface area contributed by atoms with Crippen LogP contribution in [0.1, 0.15) is 39.2 Å². The summed E-state index contributed by atoms with van der Waals surface area (Å²) in [6.45, 7) is 6.17. The third-order valence-corrected chi connectivity index (χ3v) is 4.25. The molecule has 0 atom stereocenters. The molecule has 0 aliphatic carbocycles. The van der Waals surface area contributed by atoms with Crippen LogP contribution in [0.2, 0.25) is 0 Å². The van der Waals surface area contributed by atoms with Gasteiger partial charge >= 0.3 is 12.1 Å². The van der Waals surface area contributed by atoms with Gasteiger partial charge in [-0.15, -0.1) is 0 Å². The second kappa shape index (κ2) is 11.2. The van der Waals surface area contributed by atoms with Gasteiger partial charge in [-0.2, -0.15) is 0 Å². The Hall–Kier alpha value is -3.02. The average Bonchev–Trinajstić information content (AvgIpc) is 2.71. The zero-order valence-corrected chi connectivity index (χ0v) is 18.2. The third kappa shape index (κ3) is 8.15.